The lowest BCUT2D eigenvalue weighted by Gasteiger charge is -2.14. The van der Waals surface area contributed by atoms with Gasteiger partial charge in [0.25, 0.3) is 0 Å². The molecule has 0 aliphatic carbocycles. The Morgan fingerprint density at radius 1 is 1.06 bits per heavy atom. The minimum Gasteiger partial charge on any atom is -0.457 e. The molecule has 8 nitrogen and oxygen atoms in total. The van der Waals surface area contributed by atoms with Crippen molar-refractivity contribution in [2.45, 2.75) is 20.8 Å². The van der Waals surface area contributed by atoms with Crippen molar-refractivity contribution in [1.82, 2.24) is 14.8 Å². The molecule has 0 atom stereocenters. The van der Waals surface area contributed by atoms with E-state index in [4.69, 9.17) is 10.5 Å². The van der Waals surface area contributed by atoms with Crippen LogP contribution >= 0.6 is 0 Å². The van der Waals surface area contributed by atoms with Gasteiger partial charge in [-0.3, -0.25) is 5.32 Å². The maximum atomic E-state index is 12.8. The first kappa shape index (κ1) is 25.8. The topological polar surface area (TPSA) is 107 Å². The molecule has 4 rings (SSSR count). The number of hydrogen-bond acceptors (Lipinski definition) is 5. The number of carbonyl (C=O) groups excluding carboxylic acids is 1. The maximum absolute atomic E-state index is 12.8. The largest absolute Gasteiger partial charge is 0.457 e. The summed E-state index contributed by atoms with van der Waals surface area (Å²) in [7, 11) is 0. The van der Waals surface area contributed by atoms with E-state index in [1.807, 2.05) is 63.3 Å². The molecule has 2 amide bonds. The summed E-state index contributed by atoms with van der Waals surface area (Å²) in [6.07, 6.45) is 10.5. The smallest absolute Gasteiger partial charge is 0.324 e. The molecule has 0 saturated carbocycles. The van der Waals surface area contributed by atoms with Crippen molar-refractivity contribution in [3.8, 4) is 11.5 Å². The number of anilines is 3. The first-order chi connectivity index (χ1) is 17.6. The fourth-order valence-corrected chi connectivity index (χ4v) is 3.38. The van der Waals surface area contributed by atoms with Crippen molar-refractivity contribution in [2.75, 3.05) is 16.4 Å². The number of aromatic nitrogens is 3. The standard InChI is InChI=1S/C26H24N6O2.C2H6/c1-3-5-8-18(4-2)32-25(14-16-29-32)31-26(33)30-22-11-12-23(21-10-7-6-9-20(21)22)34-19-13-15-28-24(27)17-19;1-2/h3-17H,2H2,1H3,(H2,27,28)(H2,30,31,33);1-2H3/b5-3-,18-8+;. The average molecular weight is 483 g/mol. The Hall–Kier alpha value is -4.85. The van der Waals surface area contributed by atoms with Gasteiger partial charge in [0.05, 0.1) is 17.6 Å². The summed E-state index contributed by atoms with van der Waals surface area (Å²) in [5, 5.41) is 11.7. The number of carbonyl (C=O) groups is 1. The second-order valence-electron chi connectivity index (χ2n) is 7.20. The number of ether oxygens (including phenoxy) is 1. The van der Waals surface area contributed by atoms with E-state index >= 15 is 0 Å². The zero-order chi connectivity index (χ0) is 25.9. The molecule has 2 heterocycles. The molecular formula is C28H30N6O2. The Balaban J connectivity index is 0.00000176. The molecule has 2 aromatic heterocycles. The summed E-state index contributed by atoms with van der Waals surface area (Å²) < 4.78 is 7.62. The molecule has 0 saturated heterocycles. The highest BCUT2D eigenvalue weighted by Crippen LogP contribution is 2.34. The minimum absolute atomic E-state index is 0.371. The van der Waals surface area contributed by atoms with Gasteiger partial charge in [0, 0.05) is 29.1 Å². The Kier molecular flexibility index (Phi) is 9.00. The van der Waals surface area contributed by atoms with Crippen LogP contribution in [0.25, 0.3) is 16.5 Å². The molecule has 0 aliphatic rings. The van der Waals surface area contributed by atoms with Gasteiger partial charge in [-0.05, 0) is 37.3 Å². The molecule has 0 aliphatic heterocycles. The van der Waals surface area contributed by atoms with Crippen molar-refractivity contribution < 1.29 is 9.53 Å². The van der Waals surface area contributed by atoms with Crippen LogP contribution in [-0.4, -0.2) is 20.8 Å². The lowest BCUT2D eigenvalue weighted by atomic mass is 10.1. The number of allylic oxidation sites excluding steroid dienone is 5. The average Bonchev–Trinajstić information content (AvgIpc) is 3.35. The number of nitrogens with zero attached hydrogens (tertiary/aromatic N) is 3. The predicted octanol–water partition coefficient (Wildman–Crippen LogP) is 7.08. The number of rotatable bonds is 7. The van der Waals surface area contributed by atoms with E-state index in [0.29, 0.717) is 28.8 Å². The van der Waals surface area contributed by atoms with Crippen molar-refractivity contribution in [3.63, 3.8) is 0 Å². The van der Waals surface area contributed by atoms with Crippen molar-refractivity contribution >= 4 is 39.8 Å². The number of nitrogen functional groups attached to an aromatic ring is 1. The van der Waals surface area contributed by atoms with Crippen LogP contribution in [0.4, 0.5) is 22.1 Å². The number of urea groups is 1. The van der Waals surface area contributed by atoms with Gasteiger partial charge in [-0.25, -0.2) is 14.5 Å². The van der Waals surface area contributed by atoms with Gasteiger partial charge in [-0.15, -0.1) is 0 Å². The summed E-state index contributed by atoms with van der Waals surface area (Å²) >= 11 is 0. The first-order valence-corrected chi connectivity index (χ1v) is 11.6. The van der Waals surface area contributed by atoms with E-state index in [1.165, 1.54) is 0 Å². The molecule has 4 N–H and O–H groups in total. The first-order valence-electron chi connectivity index (χ1n) is 11.6. The highest BCUT2D eigenvalue weighted by Gasteiger charge is 2.13. The van der Waals surface area contributed by atoms with Crippen molar-refractivity contribution in [3.05, 3.63) is 97.9 Å². The lowest BCUT2D eigenvalue weighted by molar-refractivity contribution is 0.262. The van der Waals surface area contributed by atoms with Gasteiger partial charge in [-0.2, -0.15) is 5.10 Å². The van der Waals surface area contributed by atoms with Gasteiger partial charge < -0.3 is 15.8 Å². The minimum atomic E-state index is -0.406. The molecule has 0 fully saturated rings. The number of pyridine rings is 1. The number of benzene rings is 2. The van der Waals surface area contributed by atoms with Crippen LogP contribution in [0.3, 0.4) is 0 Å². The molecule has 0 bridgehead atoms. The third kappa shape index (κ3) is 6.18. The summed E-state index contributed by atoms with van der Waals surface area (Å²) in [5.41, 5.74) is 7.12. The van der Waals surface area contributed by atoms with E-state index in [1.54, 1.807) is 53.5 Å². The van der Waals surface area contributed by atoms with E-state index in [2.05, 4.69) is 27.3 Å². The number of nitrogens with two attached hydrogens (primary N) is 1. The summed E-state index contributed by atoms with van der Waals surface area (Å²) in [6.45, 7) is 9.74. The van der Waals surface area contributed by atoms with Crippen molar-refractivity contribution in [1.29, 1.82) is 0 Å². The van der Waals surface area contributed by atoms with Crippen LogP contribution in [-0.2, 0) is 0 Å². The molecule has 0 radical (unpaired) electrons. The maximum Gasteiger partial charge on any atom is 0.324 e. The summed E-state index contributed by atoms with van der Waals surface area (Å²) in [5.74, 6) is 2.09. The molecule has 0 spiro atoms. The number of nitrogens with one attached hydrogen (secondary N) is 2. The third-order valence-corrected chi connectivity index (χ3v) is 4.91. The summed E-state index contributed by atoms with van der Waals surface area (Å²) in [4.78, 5) is 16.8. The second-order valence-corrected chi connectivity index (χ2v) is 7.20. The van der Waals surface area contributed by atoms with Crippen LogP contribution in [0.1, 0.15) is 20.8 Å². The van der Waals surface area contributed by atoms with E-state index in [-0.39, 0.29) is 0 Å². The molecule has 0 unspecified atom stereocenters. The molecule has 2 aromatic carbocycles. The van der Waals surface area contributed by atoms with Crippen LogP contribution in [0.5, 0.6) is 11.5 Å². The number of fused-ring (bicyclic) bond motifs is 1. The van der Waals surface area contributed by atoms with Crippen LogP contribution in [0.15, 0.2) is 97.9 Å². The van der Waals surface area contributed by atoms with Crippen LogP contribution in [0, 0.1) is 0 Å². The van der Waals surface area contributed by atoms with Crippen LogP contribution < -0.4 is 21.1 Å². The zero-order valence-electron chi connectivity index (χ0n) is 20.6. The molecule has 36 heavy (non-hydrogen) atoms. The quantitative estimate of drug-likeness (QED) is 0.244. The Bertz CT molecular complexity index is 1400. The molecule has 4 aromatic rings. The monoisotopic (exact) mass is 482 g/mol. The van der Waals surface area contributed by atoms with Gasteiger partial charge in [0.15, 0.2) is 0 Å². The third-order valence-electron chi connectivity index (χ3n) is 4.91. The predicted molar refractivity (Wildman–Crippen MR) is 148 cm³/mol. The SMILES string of the molecule is C=C/C(=C\C=C/C)n1nccc1NC(=O)Nc1ccc(Oc2ccnc(N)c2)c2ccccc12.CC. The zero-order valence-corrected chi connectivity index (χ0v) is 20.6. The molecular weight excluding hydrogens is 452 g/mol. The fraction of sp³-hybridized carbons (Fsp3) is 0.107. The number of hydrogen-bond donors (Lipinski definition) is 3. The summed E-state index contributed by atoms with van der Waals surface area (Å²) in [6, 6.07) is 15.9. The molecule has 8 heteroatoms. The van der Waals surface area contributed by atoms with E-state index < -0.39 is 6.03 Å². The highest BCUT2D eigenvalue weighted by molar-refractivity contribution is 6.07. The van der Waals surface area contributed by atoms with E-state index in [9.17, 15) is 4.79 Å². The second kappa shape index (κ2) is 12.6. The van der Waals surface area contributed by atoms with Crippen molar-refractivity contribution in [2.24, 2.45) is 0 Å². The molecule has 184 valence electrons. The van der Waals surface area contributed by atoms with Gasteiger partial charge in [0.2, 0.25) is 0 Å². The highest BCUT2D eigenvalue weighted by atomic mass is 16.5. The lowest BCUT2D eigenvalue weighted by Crippen LogP contribution is -2.21. The van der Waals surface area contributed by atoms with Crippen LogP contribution in [0.2, 0.25) is 0 Å². The Morgan fingerprint density at radius 2 is 1.83 bits per heavy atom. The van der Waals surface area contributed by atoms with Gasteiger partial charge in [-0.1, -0.05) is 56.8 Å². The van der Waals surface area contributed by atoms with E-state index in [0.717, 1.165) is 16.5 Å². The van der Waals surface area contributed by atoms with Gasteiger partial charge >= 0.3 is 6.03 Å². The fourth-order valence-electron chi connectivity index (χ4n) is 3.38. The normalized spacial score (nSPS) is 11.0. The van der Waals surface area contributed by atoms with Gasteiger partial charge in [0.1, 0.15) is 23.1 Å². The number of amides is 2. The Morgan fingerprint density at radius 3 is 2.56 bits per heavy atom. The Labute approximate surface area is 210 Å².